The van der Waals surface area contributed by atoms with Crippen LogP contribution in [-0.4, -0.2) is 35.6 Å². The molecule has 1 aliphatic rings. The first-order valence-corrected chi connectivity index (χ1v) is 8.23. The molecule has 0 aliphatic carbocycles. The van der Waals surface area contributed by atoms with Crippen molar-refractivity contribution in [2.75, 3.05) is 18.8 Å². The Morgan fingerprint density at radius 2 is 1.95 bits per heavy atom. The highest BCUT2D eigenvalue weighted by atomic mass is 32.2. The van der Waals surface area contributed by atoms with Crippen molar-refractivity contribution < 1.29 is 9.59 Å². The number of primary amides is 1. The van der Waals surface area contributed by atoms with Crippen LogP contribution >= 0.6 is 11.8 Å². The Kier molecular flexibility index (Phi) is 5.28. The molecule has 0 bridgehead atoms. The SMILES string of the molecule is Cc1ccc(SCC(=O)N2CCC(C(N)=O)CC2)c(C)c1. The topological polar surface area (TPSA) is 63.4 Å². The lowest BCUT2D eigenvalue weighted by molar-refractivity contribution is -0.132. The quantitative estimate of drug-likeness (QED) is 0.867. The number of piperidine rings is 1. The molecule has 0 saturated carbocycles. The van der Waals surface area contributed by atoms with E-state index >= 15 is 0 Å². The molecule has 0 unspecified atom stereocenters. The van der Waals surface area contributed by atoms with Gasteiger partial charge < -0.3 is 10.6 Å². The first-order chi connectivity index (χ1) is 9.97. The molecule has 0 radical (unpaired) electrons. The van der Waals surface area contributed by atoms with Crippen LogP contribution in [0.4, 0.5) is 0 Å². The number of benzene rings is 1. The molecule has 1 heterocycles. The predicted molar refractivity (Wildman–Crippen MR) is 85.1 cm³/mol. The van der Waals surface area contributed by atoms with Crippen LogP contribution < -0.4 is 5.73 Å². The summed E-state index contributed by atoms with van der Waals surface area (Å²) in [5, 5.41) is 0. The van der Waals surface area contributed by atoms with E-state index in [4.69, 9.17) is 5.73 Å². The number of thioether (sulfide) groups is 1. The molecule has 0 atom stereocenters. The fourth-order valence-electron chi connectivity index (χ4n) is 2.61. The number of nitrogens with zero attached hydrogens (tertiary/aromatic N) is 1. The third-order valence-electron chi connectivity index (χ3n) is 3.93. The van der Waals surface area contributed by atoms with Gasteiger partial charge in [-0.2, -0.15) is 0 Å². The number of amides is 2. The standard InChI is InChI=1S/C16H22N2O2S/c1-11-3-4-14(12(2)9-11)21-10-15(19)18-7-5-13(6-8-18)16(17)20/h3-4,9,13H,5-8,10H2,1-2H3,(H2,17,20). The van der Waals surface area contributed by atoms with Crippen molar-refractivity contribution in [3.63, 3.8) is 0 Å². The highest BCUT2D eigenvalue weighted by Gasteiger charge is 2.25. The van der Waals surface area contributed by atoms with Gasteiger partial charge in [0, 0.05) is 23.9 Å². The molecule has 21 heavy (non-hydrogen) atoms. The molecule has 2 N–H and O–H groups in total. The zero-order valence-corrected chi connectivity index (χ0v) is 13.4. The van der Waals surface area contributed by atoms with Crippen molar-refractivity contribution in [2.24, 2.45) is 11.7 Å². The van der Waals surface area contributed by atoms with Crippen molar-refractivity contribution in [3.05, 3.63) is 29.3 Å². The van der Waals surface area contributed by atoms with Crippen molar-refractivity contribution in [1.82, 2.24) is 4.90 Å². The van der Waals surface area contributed by atoms with Crippen LogP contribution in [0.25, 0.3) is 0 Å². The highest BCUT2D eigenvalue weighted by Crippen LogP contribution is 2.24. The van der Waals surface area contributed by atoms with Gasteiger partial charge in [0.15, 0.2) is 0 Å². The van der Waals surface area contributed by atoms with Crippen LogP contribution in [0.3, 0.4) is 0 Å². The van der Waals surface area contributed by atoms with Gasteiger partial charge in [0.1, 0.15) is 0 Å². The number of hydrogen-bond donors (Lipinski definition) is 1. The molecule has 1 aromatic carbocycles. The molecule has 1 aromatic rings. The van der Waals surface area contributed by atoms with Crippen molar-refractivity contribution in [3.8, 4) is 0 Å². The smallest absolute Gasteiger partial charge is 0.232 e. The number of likely N-dealkylation sites (tertiary alicyclic amines) is 1. The molecule has 0 aromatic heterocycles. The zero-order chi connectivity index (χ0) is 15.4. The third kappa shape index (κ3) is 4.24. The minimum Gasteiger partial charge on any atom is -0.369 e. The van der Waals surface area contributed by atoms with Gasteiger partial charge in [0.25, 0.3) is 0 Å². The molecule has 1 fully saturated rings. The van der Waals surface area contributed by atoms with E-state index in [2.05, 4.69) is 32.0 Å². The molecule has 1 saturated heterocycles. The second-order valence-corrected chi connectivity index (χ2v) is 6.63. The third-order valence-corrected chi connectivity index (χ3v) is 5.09. The van der Waals surface area contributed by atoms with E-state index in [-0.39, 0.29) is 17.7 Å². The number of hydrogen-bond acceptors (Lipinski definition) is 3. The summed E-state index contributed by atoms with van der Waals surface area (Å²) in [6.07, 6.45) is 1.38. The first kappa shape index (κ1) is 15.9. The predicted octanol–water partition coefficient (Wildman–Crippen LogP) is 2.12. The summed E-state index contributed by atoms with van der Waals surface area (Å²) in [5.74, 6) is 0.279. The average molecular weight is 306 g/mol. The lowest BCUT2D eigenvalue weighted by Gasteiger charge is -2.30. The minimum absolute atomic E-state index is 0.0685. The minimum atomic E-state index is -0.244. The van der Waals surface area contributed by atoms with Gasteiger partial charge in [0.2, 0.25) is 11.8 Å². The Hall–Kier alpha value is -1.49. The molecule has 114 valence electrons. The maximum absolute atomic E-state index is 12.2. The van der Waals surface area contributed by atoms with E-state index < -0.39 is 0 Å². The van der Waals surface area contributed by atoms with Gasteiger partial charge in [-0.1, -0.05) is 17.7 Å². The maximum Gasteiger partial charge on any atom is 0.232 e. The fourth-order valence-corrected chi connectivity index (χ4v) is 3.52. The lowest BCUT2D eigenvalue weighted by Crippen LogP contribution is -2.42. The molecular weight excluding hydrogens is 284 g/mol. The van der Waals surface area contributed by atoms with E-state index in [1.165, 1.54) is 11.1 Å². The maximum atomic E-state index is 12.2. The summed E-state index contributed by atoms with van der Waals surface area (Å²) in [5.41, 5.74) is 7.75. The number of nitrogens with two attached hydrogens (primary N) is 1. The van der Waals surface area contributed by atoms with Crippen LogP contribution in [0.1, 0.15) is 24.0 Å². The summed E-state index contributed by atoms with van der Waals surface area (Å²) in [6.45, 7) is 5.41. The Bertz CT molecular complexity index is 537. The van der Waals surface area contributed by atoms with Crippen molar-refractivity contribution in [2.45, 2.75) is 31.6 Å². The molecule has 0 spiro atoms. The molecule has 4 nitrogen and oxygen atoms in total. The Morgan fingerprint density at radius 1 is 1.29 bits per heavy atom. The molecule has 2 amide bonds. The average Bonchev–Trinajstić information content (AvgIpc) is 2.46. The van der Waals surface area contributed by atoms with Crippen molar-refractivity contribution >= 4 is 23.6 Å². The normalized spacial score (nSPS) is 16.0. The van der Waals surface area contributed by atoms with E-state index in [0.29, 0.717) is 31.7 Å². The van der Waals surface area contributed by atoms with Crippen molar-refractivity contribution in [1.29, 1.82) is 0 Å². The van der Waals surface area contributed by atoms with Crippen LogP contribution in [-0.2, 0) is 9.59 Å². The van der Waals surface area contributed by atoms with E-state index in [1.54, 1.807) is 11.8 Å². The lowest BCUT2D eigenvalue weighted by atomic mass is 9.96. The van der Waals surface area contributed by atoms with Gasteiger partial charge in [-0.3, -0.25) is 9.59 Å². The molecular formula is C16H22N2O2S. The largest absolute Gasteiger partial charge is 0.369 e. The second-order valence-electron chi connectivity index (χ2n) is 5.62. The van der Waals surface area contributed by atoms with Crippen LogP contribution in [0.2, 0.25) is 0 Å². The number of aryl methyl sites for hydroxylation is 2. The van der Waals surface area contributed by atoms with E-state index in [9.17, 15) is 9.59 Å². The van der Waals surface area contributed by atoms with Gasteiger partial charge in [0.05, 0.1) is 5.75 Å². The molecule has 5 heteroatoms. The van der Waals surface area contributed by atoms with Crippen LogP contribution in [0, 0.1) is 19.8 Å². The number of rotatable bonds is 4. The molecule has 2 rings (SSSR count). The second kappa shape index (κ2) is 6.98. The number of carbonyl (C=O) groups is 2. The van der Waals surface area contributed by atoms with Crippen LogP contribution in [0.5, 0.6) is 0 Å². The van der Waals surface area contributed by atoms with Crippen LogP contribution in [0.15, 0.2) is 23.1 Å². The monoisotopic (exact) mass is 306 g/mol. The van der Waals surface area contributed by atoms with Gasteiger partial charge >= 0.3 is 0 Å². The summed E-state index contributed by atoms with van der Waals surface area (Å²) in [6, 6.07) is 6.27. The highest BCUT2D eigenvalue weighted by molar-refractivity contribution is 8.00. The summed E-state index contributed by atoms with van der Waals surface area (Å²) >= 11 is 1.58. The summed E-state index contributed by atoms with van der Waals surface area (Å²) in [4.78, 5) is 26.3. The summed E-state index contributed by atoms with van der Waals surface area (Å²) in [7, 11) is 0. The van der Waals surface area contributed by atoms with E-state index in [0.717, 1.165) is 4.90 Å². The summed E-state index contributed by atoms with van der Waals surface area (Å²) < 4.78 is 0. The molecule has 1 aliphatic heterocycles. The van der Waals surface area contributed by atoms with Gasteiger partial charge in [-0.05, 0) is 38.3 Å². The Morgan fingerprint density at radius 3 is 2.52 bits per heavy atom. The fraction of sp³-hybridized carbons (Fsp3) is 0.500. The Balaban J connectivity index is 1.84. The zero-order valence-electron chi connectivity index (χ0n) is 12.6. The Labute approximate surface area is 130 Å². The van der Waals surface area contributed by atoms with Gasteiger partial charge in [-0.15, -0.1) is 11.8 Å². The first-order valence-electron chi connectivity index (χ1n) is 7.24. The van der Waals surface area contributed by atoms with Gasteiger partial charge in [-0.25, -0.2) is 0 Å². The number of carbonyl (C=O) groups excluding carboxylic acids is 2. The van der Waals surface area contributed by atoms with E-state index in [1.807, 2.05) is 4.90 Å².